The van der Waals surface area contributed by atoms with E-state index in [4.69, 9.17) is 16.6 Å². The van der Waals surface area contributed by atoms with Crippen molar-refractivity contribution in [3.05, 3.63) is 57.3 Å². The Balaban J connectivity index is 1.89. The lowest BCUT2D eigenvalue weighted by molar-refractivity contribution is -0.113. The number of rotatable bonds is 3. The third kappa shape index (κ3) is 3.31. The second-order valence-electron chi connectivity index (χ2n) is 4.76. The number of hydrogen-bond acceptors (Lipinski definition) is 5. The summed E-state index contributed by atoms with van der Waals surface area (Å²) in [7, 11) is 0. The largest absolute Gasteiger partial charge is 0.450 e. The fourth-order valence-corrected chi connectivity index (χ4v) is 3.67. The smallest absolute Gasteiger partial charge is 0.270 e. The van der Waals surface area contributed by atoms with Gasteiger partial charge in [0.1, 0.15) is 5.76 Å². The standard InChI is InChI=1S/C16H10BrNO3S2/c1-9(19)10-2-4-11(5-3-10)18-15(20)13(23-16(18)22)8-12-6-7-14(17)21-12/h2-8H,1H3. The van der Waals surface area contributed by atoms with Crippen molar-refractivity contribution in [2.45, 2.75) is 6.92 Å². The Morgan fingerprint density at radius 1 is 1.26 bits per heavy atom. The van der Waals surface area contributed by atoms with Gasteiger partial charge < -0.3 is 4.42 Å². The lowest BCUT2D eigenvalue weighted by atomic mass is 10.1. The predicted molar refractivity (Wildman–Crippen MR) is 98.5 cm³/mol. The van der Waals surface area contributed by atoms with Gasteiger partial charge in [0.05, 0.1) is 10.6 Å². The molecule has 0 spiro atoms. The number of benzene rings is 1. The lowest BCUT2D eigenvalue weighted by Crippen LogP contribution is -2.27. The molecule has 1 aliphatic rings. The van der Waals surface area contributed by atoms with Crippen LogP contribution in [0.3, 0.4) is 0 Å². The molecular formula is C16H10BrNO3S2. The van der Waals surface area contributed by atoms with Crippen molar-refractivity contribution in [2.75, 3.05) is 4.90 Å². The minimum Gasteiger partial charge on any atom is -0.450 e. The molecule has 7 heteroatoms. The Morgan fingerprint density at radius 2 is 1.96 bits per heavy atom. The number of carbonyl (C=O) groups is 2. The quantitative estimate of drug-likeness (QED) is 0.421. The molecule has 0 unspecified atom stereocenters. The fraction of sp³-hybridized carbons (Fsp3) is 0.0625. The average Bonchev–Trinajstić information content (AvgIpc) is 3.03. The van der Waals surface area contributed by atoms with E-state index in [9.17, 15) is 9.59 Å². The van der Waals surface area contributed by atoms with E-state index < -0.39 is 0 Å². The zero-order valence-corrected chi connectivity index (χ0v) is 15.1. The minimum absolute atomic E-state index is 0.0229. The summed E-state index contributed by atoms with van der Waals surface area (Å²) in [6.45, 7) is 1.50. The normalized spacial score (nSPS) is 16.4. The number of anilines is 1. The number of hydrogen-bond donors (Lipinski definition) is 0. The van der Waals surface area contributed by atoms with Crippen molar-refractivity contribution in [3.63, 3.8) is 0 Å². The van der Waals surface area contributed by atoms with E-state index in [2.05, 4.69) is 15.9 Å². The third-order valence-electron chi connectivity index (χ3n) is 3.19. The number of thiocarbonyl (C=S) groups is 1. The molecule has 3 rings (SSSR count). The summed E-state index contributed by atoms with van der Waals surface area (Å²) in [5.41, 5.74) is 1.23. The molecule has 1 aliphatic heterocycles. The van der Waals surface area contributed by atoms with Gasteiger partial charge >= 0.3 is 0 Å². The molecule has 0 radical (unpaired) electrons. The lowest BCUT2D eigenvalue weighted by Gasteiger charge is -2.14. The first-order chi connectivity index (χ1) is 11.0. The number of nitrogens with zero attached hydrogens (tertiary/aromatic N) is 1. The van der Waals surface area contributed by atoms with Crippen LogP contribution in [0.25, 0.3) is 6.08 Å². The summed E-state index contributed by atoms with van der Waals surface area (Å²) in [4.78, 5) is 25.9. The van der Waals surface area contributed by atoms with Gasteiger partial charge in [-0.1, -0.05) is 24.0 Å². The summed E-state index contributed by atoms with van der Waals surface area (Å²) >= 11 is 9.74. The maximum atomic E-state index is 12.6. The molecule has 1 saturated heterocycles. The Kier molecular flexibility index (Phi) is 4.52. The van der Waals surface area contributed by atoms with E-state index in [1.165, 1.54) is 23.6 Å². The predicted octanol–water partition coefficient (Wildman–Crippen LogP) is 4.65. The van der Waals surface area contributed by atoms with Crippen LogP contribution in [0.15, 0.2) is 50.4 Å². The van der Waals surface area contributed by atoms with E-state index in [-0.39, 0.29) is 11.7 Å². The maximum absolute atomic E-state index is 12.6. The molecule has 0 N–H and O–H groups in total. The number of amides is 1. The molecule has 0 aliphatic carbocycles. The van der Waals surface area contributed by atoms with E-state index in [0.29, 0.717) is 30.9 Å². The van der Waals surface area contributed by atoms with Crippen molar-refractivity contribution >= 4 is 67.7 Å². The summed E-state index contributed by atoms with van der Waals surface area (Å²) in [5, 5.41) is 0. The van der Waals surface area contributed by atoms with Crippen molar-refractivity contribution in [1.82, 2.24) is 0 Å². The SMILES string of the molecule is CC(=O)c1ccc(N2C(=O)C(=Cc3ccc(Br)o3)SC2=S)cc1. The first-order valence-electron chi connectivity index (χ1n) is 6.60. The third-order valence-corrected chi connectivity index (χ3v) is 4.92. The van der Waals surface area contributed by atoms with Crippen LogP contribution in [-0.2, 0) is 4.79 Å². The fourth-order valence-electron chi connectivity index (χ4n) is 2.07. The highest BCUT2D eigenvalue weighted by Crippen LogP contribution is 2.36. The zero-order valence-electron chi connectivity index (χ0n) is 11.9. The van der Waals surface area contributed by atoms with Gasteiger partial charge in [0.25, 0.3) is 5.91 Å². The van der Waals surface area contributed by atoms with Crippen molar-refractivity contribution < 1.29 is 14.0 Å². The molecule has 2 heterocycles. The van der Waals surface area contributed by atoms with Gasteiger partial charge in [-0.05, 0) is 59.3 Å². The van der Waals surface area contributed by atoms with Gasteiger partial charge in [0.15, 0.2) is 14.8 Å². The van der Waals surface area contributed by atoms with Crippen LogP contribution in [-0.4, -0.2) is 16.0 Å². The van der Waals surface area contributed by atoms with Crippen LogP contribution in [0.5, 0.6) is 0 Å². The van der Waals surface area contributed by atoms with Crippen molar-refractivity contribution in [1.29, 1.82) is 0 Å². The molecule has 1 amide bonds. The van der Waals surface area contributed by atoms with E-state index >= 15 is 0 Å². The Labute approximate surface area is 150 Å². The molecule has 0 atom stereocenters. The van der Waals surface area contributed by atoms with Crippen LogP contribution in [0.4, 0.5) is 5.69 Å². The molecular weight excluding hydrogens is 398 g/mol. The van der Waals surface area contributed by atoms with Gasteiger partial charge in [-0.15, -0.1) is 0 Å². The second-order valence-corrected chi connectivity index (χ2v) is 7.22. The Bertz CT molecular complexity index is 839. The maximum Gasteiger partial charge on any atom is 0.270 e. The molecule has 1 aromatic carbocycles. The molecule has 0 saturated carbocycles. The molecule has 116 valence electrons. The summed E-state index contributed by atoms with van der Waals surface area (Å²) in [5.74, 6) is 0.345. The Morgan fingerprint density at radius 3 is 2.52 bits per heavy atom. The van der Waals surface area contributed by atoms with Crippen molar-refractivity contribution in [3.8, 4) is 0 Å². The van der Waals surface area contributed by atoms with Gasteiger partial charge in [0.2, 0.25) is 0 Å². The second kappa shape index (κ2) is 6.43. The van der Waals surface area contributed by atoms with E-state index in [1.807, 2.05) is 0 Å². The number of furan rings is 1. The first kappa shape index (κ1) is 16.2. The van der Waals surface area contributed by atoms with Crippen LogP contribution >= 0.6 is 39.9 Å². The zero-order chi connectivity index (χ0) is 16.6. The highest BCUT2D eigenvalue weighted by molar-refractivity contribution is 9.10. The van der Waals surface area contributed by atoms with Crippen LogP contribution < -0.4 is 4.90 Å². The minimum atomic E-state index is -0.205. The monoisotopic (exact) mass is 407 g/mol. The highest BCUT2D eigenvalue weighted by Gasteiger charge is 2.33. The van der Waals surface area contributed by atoms with Gasteiger partial charge in [-0.25, -0.2) is 0 Å². The molecule has 2 aromatic rings. The number of Topliss-reactive ketones (excluding diaryl/α,β-unsaturated/α-hetero) is 1. The Hall–Kier alpha value is -1.70. The van der Waals surface area contributed by atoms with Gasteiger partial charge in [0, 0.05) is 11.6 Å². The highest BCUT2D eigenvalue weighted by atomic mass is 79.9. The van der Waals surface area contributed by atoms with Crippen LogP contribution in [0.1, 0.15) is 23.0 Å². The first-order valence-corrected chi connectivity index (χ1v) is 8.62. The van der Waals surface area contributed by atoms with Crippen molar-refractivity contribution in [2.24, 2.45) is 0 Å². The molecule has 1 aromatic heterocycles. The van der Waals surface area contributed by atoms with Crippen LogP contribution in [0.2, 0.25) is 0 Å². The summed E-state index contributed by atoms with van der Waals surface area (Å²) in [6, 6.07) is 10.3. The van der Waals surface area contributed by atoms with E-state index in [0.717, 1.165) is 0 Å². The summed E-state index contributed by atoms with van der Waals surface area (Å²) in [6.07, 6.45) is 1.66. The molecule has 1 fully saturated rings. The summed E-state index contributed by atoms with van der Waals surface area (Å²) < 4.78 is 6.43. The molecule has 0 bridgehead atoms. The number of ketones is 1. The average molecular weight is 408 g/mol. The number of halogens is 1. The van der Waals surface area contributed by atoms with Gasteiger partial charge in [-0.2, -0.15) is 0 Å². The number of thioether (sulfide) groups is 1. The van der Waals surface area contributed by atoms with Gasteiger partial charge in [-0.3, -0.25) is 14.5 Å². The van der Waals surface area contributed by atoms with Crippen LogP contribution in [0, 0.1) is 0 Å². The topological polar surface area (TPSA) is 50.5 Å². The molecule has 23 heavy (non-hydrogen) atoms. The number of carbonyl (C=O) groups excluding carboxylic acids is 2. The molecule has 4 nitrogen and oxygen atoms in total. The van der Waals surface area contributed by atoms with E-state index in [1.54, 1.807) is 42.5 Å².